The summed E-state index contributed by atoms with van der Waals surface area (Å²) in [4.78, 5) is 2.21. The summed E-state index contributed by atoms with van der Waals surface area (Å²) in [5.74, 6) is 0. The second kappa shape index (κ2) is 5.75. The van der Waals surface area contributed by atoms with Gasteiger partial charge in [-0.1, -0.05) is 36.4 Å². The van der Waals surface area contributed by atoms with E-state index >= 15 is 0 Å². The minimum Gasteiger partial charge on any atom is -0.405 e. The molecule has 0 fully saturated rings. The molecule has 0 saturated carbocycles. The van der Waals surface area contributed by atoms with Gasteiger partial charge >= 0.3 is 0 Å². The van der Waals surface area contributed by atoms with Crippen LogP contribution in [0.2, 0.25) is 0 Å². The standard InChI is InChI=1S/C15H16N2/c16-12-7-13-17(14-8-3-1-4-9-14)15-10-5-2-6-11-15/h1-12H,13,16H2/b12-7+. The van der Waals surface area contributed by atoms with Gasteiger partial charge in [-0.3, -0.25) is 0 Å². The zero-order valence-electron chi connectivity index (χ0n) is 9.66. The summed E-state index contributed by atoms with van der Waals surface area (Å²) >= 11 is 0. The Kier molecular flexibility index (Phi) is 3.81. The van der Waals surface area contributed by atoms with E-state index in [1.807, 2.05) is 42.5 Å². The molecule has 2 aromatic carbocycles. The average Bonchev–Trinajstić information content (AvgIpc) is 2.42. The summed E-state index contributed by atoms with van der Waals surface area (Å²) in [6, 6.07) is 20.6. The Morgan fingerprint density at radius 3 is 1.71 bits per heavy atom. The van der Waals surface area contributed by atoms with Crippen molar-refractivity contribution in [2.24, 2.45) is 5.73 Å². The molecule has 0 aliphatic carbocycles. The molecule has 0 radical (unpaired) electrons. The second-order valence-electron chi connectivity index (χ2n) is 3.71. The molecule has 17 heavy (non-hydrogen) atoms. The van der Waals surface area contributed by atoms with Crippen molar-refractivity contribution in [3.8, 4) is 0 Å². The van der Waals surface area contributed by atoms with Crippen LogP contribution in [0.15, 0.2) is 72.9 Å². The lowest BCUT2D eigenvalue weighted by molar-refractivity contribution is 1.09. The molecule has 0 heterocycles. The SMILES string of the molecule is N/C=C/CN(c1ccccc1)c1ccccc1. The van der Waals surface area contributed by atoms with Crippen molar-refractivity contribution in [2.45, 2.75) is 0 Å². The minimum atomic E-state index is 0.768. The Labute approximate surface area is 102 Å². The number of rotatable bonds is 4. The van der Waals surface area contributed by atoms with E-state index in [2.05, 4.69) is 29.2 Å². The summed E-state index contributed by atoms with van der Waals surface area (Å²) < 4.78 is 0. The van der Waals surface area contributed by atoms with Crippen molar-refractivity contribution in [3.05, 3.63) is 72.9 Å². The van der Waals surface area contributed by atoms with Gasteiger partial charge in [0.2, 0.25) is 0 Å². The first-order valence-electron chi connectivity index (χ1n) is 5.66. The maximum Gasteiger partial charge on any atom is 0.0428 e. The van der Waals surface area contributed by atoms with Gasteiger partial charge in [-0.05, 0) is 36.5 Å². The molecule has 0 aliphatic heterocycles. The van der Waals surface area contributed by atoms with E-state index in [1.165, 1.54) is 0 Å². The molecule has 86 valence electrons. The van der Waals surface area contributed by atoms with E-state index < -0.39 is 0 Å². The fourth-order valence-corrected chi connectivity index (χ4v) is 1.74. The lowest BCUT2D eigenvalue weighted by Gasteiger charge is -2.23. The molecule has 2 heteroatoms. The molecule has 0 unspecified atom stereocenters. The van der Waals surface area contributed by atoms with Gasteiger partial charge in [-0.15, -0.1) is 0 Å². The molecule has 0 amide bonds. The van der Waals surface area contributed by atoms with Crippen LogP contribution in [-0.4, -0.2) is 6.54 Å². The van der Waals surface area contributed by atoms with Gasteiger partial charge in [-0.2, -0.15) is 0 Å². The van der Waals surface area contributed by atoms with E-state index in [1.54, 1.807) is 6.20 Å². The Morgan fingerprint density at radius 1 is 0.824 bits per heavy atom. The van der Waals surface area contributed by atoms with Crippen molar-refractivity contribution >= 4 is 11.4 Å². The van der Waals surface area contributed by atoms with E-state index in [4.69, 9.17) is 5.73 Å². The molecule has 0 aromatic heterocycles. The quantitative estimate of drug-likeness (QED) is 0.863. The van der Waals surface area contributed by atoms with Gasteiger partial charge in [0.25, 0.3) is 0 Å². The van der Waals surface area contributed by atoms with E-state index in [9.17, 15) is 0 Å². The van der Waals surface area contributed by atoms with Crippen LogP contribution in [0, 0.1) is 0 Å². The highest BCUT2D eigenvalue weighted by Gasteiger charge is 2.05. The first-order valence-corrected chi connectivity index (χ1v) is 5.66. The maximum absolute atomic E-state index is 5.43. The Balaban J connectivity index is 2.32. The maximum atomic E-state index is 5.43. The number of anilines is 2. The van der Waals surface area contributed by atoms with Crippen molar-refractivity contribution < 1.29 is 0 Å². The first-order chi connectivity index (χ1) is 8.42. The van der Waals surface area contributed by atoms with Crippen LogP contribution >= 0.6 is 0 Å². The highest BCUT2D eigenvalue weighted by molar-refractivity contribution is 5.63. The summed E-state index contributed by atoms with van der Waals surface area (Å²) in [5.41, 5.74) is 7.75. The third-order valence-corrected chi connectivity index (χ3v) is 2.56. The molecule has 2 nitrogen and oxygen atoms in total. The lowest BCUT2D eigenvalue weighted by atomic mass is 10.2. The number of para-hydroxylation sites is 2. The van der Waals surface area contributed by atoms with Crippen molar-refractivity contribution in [3.63, 3.8) is 0 Å². The predicted octanol–water partition coefficient (Wildman–Crippen LogP) is 3.30. The average molecular weight is 224 g/mol. The summed E-state index contributed by atoms with van der Waals surface area (Å²) in [5, 5.41) is 0. The monoisotopic (exact) mass is 224 g/mol. The molecule has 0 spiro atoms. The van der Waals surface area contributed by atoms with Crippen LogP contribution in [0.25, 0.3) is 0 Å². The van der Waals surface area contributed by atoms with Gasteiger partial charge in [0.05, 0.1) is 0 Å². The largest absolute Gasteiger partial charge is 0.405 e. The second-order valence-corrected chi connectivity index (χ2v) is 3.71. The van der Waals surface area contributed by atoms with Crippen molar-refractivity contribution in [1.29, 1.82) is 0 Å². The molecule has 0 saturated heterocycles. The number of nitrogens with two attached hydrogens (primary N) is 1. The molecular formula is C15H16N2. The van der Waals surface area contributed by atoms with Gasteiger partial charge in [0.15, 0.2) is 0 Å². The van der Waals surface area contributed by atoms with Crippen LogP contribution in [0.4, 0.5) is 11.4 Å². The summed E-state index contributed by atoms with van der Waals surface area (Å²) in [6.07, 6.45) is 3.53. The zero-order valence-corrected chi connectivity index (χ0v) is 9.66. The number of hydrogen-bond acceptors (Lipinski definition) is 2. The van der Waals surface area contributed by atoms with E-state index in [0.29, 0.717) is 0 Å². The molecule has 0 bridgehead atoms. The van der Waals surface area contributed by atoms with Crippen molar-refractivity contribution in [1.82, 2.24) is 0 Å². The molecule has 0 aliphatic rings. The molecule has 2 rings (SSSR count). The van der Waals surface area contributed by atoms with E-state index in [0.717, 1.165) is 17.9 Å². The predicted molar refractivity (Wildman–Crippen MR) is 73.2 cm³/mol. The fraction of sp³-hybridized carbons (Fsp3) is 0.0667. The van der Waals surface area contributed by atoms with Crippen LogP contribution in [0.5, 0.6) is 0 Å². The third-order valence-electron chi connectivity index (χ3n) is 2.56. The lowest BCUT2D eigenvalue weighted by Crippen LogP contribution is -2.16. The Bertz CT molecular complexity index is 423. The molecule has 2 N–H and O–H groups in total. The first kappa shape index (κ1) is 11.3. The Hall–Kier alpha value is -2.22. The third kappa shape index (κ3) is 2.88. The van der Waals surface area contributed by atoms with Gasteiger partial charge < -0.3 is 10.6 Å². The summed E-state index contributed by atoms with van der Waals surface area (Å²) in [6.45, 7) is 0.768. The number of hydrogen-bond donors (Lipinski definition) is 1. The summed E-state index contributed by atoms with van der Waals surface area (Å²) in [7, 11) is 0. The van der Waals surface area contributed by atoms with Gasteiger partial charge in [-0.25, -0.2) is 0 Å². The van der Waals surface area contributed by atoms with Crippen LogP contribution in [0.1, 0.15) is 0 Å². The van der Waals surface area contributed by atoms with E-state index in [-0.39, 0.29) is 0 Å². The van der Waals surface area contributed by atoms with Gasteiger partial charge in [0.1, 0.15) is 0 Å². The van der Waals surface area contributed by atoms with Gasteiger partial charge in [0, 0.05) is 17.9 Å². The van der Waals surface area contributed by atoms with Crippen LogP contribution in [-0.2, 0) is 0 Å². The highest BCUT2D eigenvalue weighted by atomic mass is 15.1. The number of nitrogens with zero attached hydrogens (tertiary/aromatic N) is 1. The number of benzene rings is 2. The Morgan fingerprint density at radius 2 is 1.29 bits per heavy atom. The van der Waals surface area contributed by atoms with Crippen LogP contribution in [0.3, 0.4) is 0 Å². The smallest absolute Gasteiger partial charge is 0.0428 e. The minimum absolute atomic E-state index is 0.768. The molecular weight excluding hydrogens is 208 g/mol. The normalized spacial score (nSPS) is 10.6. The molecule has 2 aromatic rings. The fourth-order valence-electron chi connectivity index (χ4n) is 1.74. The highest BCUT2D eigenvalue weighted by Crippen LogP contribution is 2.24. The van der Waals surface area contributed by atoms with Crippen LogP contribution < -0.4 is 10.6 Å². The van der Waals surface area contributed by atoms with Crippen molar-refractivity contribution in [2.75, 3.05) is 11.4 Å². The topological polar surface area (TPSA) is 29.3 Å². The zero-order chi connectivity index (χ0) is 11.9. The molecule has 0 atom stereocenters.